The van der Waals surface area contributed by atoms with E-state index in [2.05, 4.69) is 5.32 Å². The quantitative estimate of drug-likeness (QED) is 0.825. The number of nitriles is 1. The van der Waals surface area contributed by atoms with E-state index in [1.54, 1.807) is 44.1 Å². The number of aliphatic hydroxyl groups excluding tert-OH is 1. The Morgan fingerprint density at radius 1 is 1.61 bits per heavy atom. The van der Waals surface area contributed by atoms with Crippen molar-refractivity contribution in [3.8, 4) is 6.07 Å². The Bertz CT molecular complexity index is 478. The number of anilines is 1. The summed E-state index contributed by atoms with van der Waals surface area (Å²) < 4.78 is 0. The van der Waals surface area contributed by atoms with Gasteiger partial charge < -0.3 is 15.3 Å². The molecule has 1 unspecified atom stereocenters. The number of amides is 1. The van der Waals surface area contributed by atoms with Crippen LogP contribution in [0.2, 0.25) is 0 Å². The summed E-state index contributed by atoms with van der Waals surface area (Å²) in [4.78, 5) is 13.1. The first-order valence-corrected chi connectivity index (χ1v) is 5.63. The van der Waals surface area contributed by atoms with Crippen LogP contribution in [0.4, 0.5) is 5.69 Å². The van der Waals surface area contributed by atoms with Crippen molar-refractivity contribution in [2.75, 3.05) is 25.5 Å². The van der Waals surface area contributed by atoms with Gasteiger partial charge in [-0.2, -0.15) is 5.26 Å². The second-order valence-electron chi connectivity index (χ2n) is 4.09. The fraction of sp³-hybridized carbons (Fsp3) is 0.385. The number of hydrogen-bond acceptors (Lipinski definition) is 4. The molecule has 0 aliphatic heterocycles. The molecule has 5 heteroatoms. The minimum atomic E-state index is -0.653. The summed E-state index contributed by atoms with van der Waals surface area (Å²) in [7, 11) is 3.31. The summed E-state index contributed by atoms with van der Waals surface area (Å²) in [5, 5.41) is 21.1. The summed E-state index contributed by atoms with van der Waals surface area (Å²) in [5.41, 5.74) is 1.88. The van der Waals surface area contributed by atoms with E-state index in [0.717, 1.165) is 0 Å². The van der Waals surface area contributed by atoms with E-state index in [-0.39, 0.29) is 12.5 Å². The van der Waals surface area contributed by atoms with E-state index in [1.807, 2.05) is 6.07 Å². The summed E-state index contributed by atoms with van der Waals surface area (Å²) in [6.45, 7) is 1.82. The van der Waals surface area contributed by atoms with E-state index in [0.29, 0.717) is 16.8 Å². The third kappa shape index (κ3) is 3.22. The molecule has 0 fully saturated rings. The molecule has 0 saturated carbocycles. The highest BCUT2D eigenvalue weighted by Crippen LogP contribution is 2.26. The Morgan fingerprint density at radius 2 is 2.28 bits per heavy atom. The van der Waals surface area contributed by atoms with Gasteiger partial charge in [-0.15, -0.1) is 0 Å². The fourth-order valence-corrected chi connectivity index (χ4v) is 1.68. The molecule has 0 bridgehead atoms. The summed E-state index contributed by atoms with van der Waals surface area (Å²) in [5.74, 6) is -0.128. The van der Waals surface area contributed by atoms with Crippen molar-refractivity contribution in [2.45, 2.75) is 13.0 Å². The van der Waals surface area contributed by atoms with Gasteiger partial charge in [0.15, 0.2) is 0 Å². The third-order valence-corrected chi connectivity index (χ3v) is 2.68. The molecule has 1 rings (SSSR count). The van der Waals surface area contributed by atoms with Gasteiger partial charge in [0.2, 0.25) is 5.91 Å². The number of hydrogen-bond donors (Lipinski definition) is 2. The van der Waals surface area contributed by atoms with Gasteiger partial charge in [-0.25, -0.2) is 0 Å². The Morgan fingerprint density at radius 3 is 2.78 bits per heavy atom. The number of rotatable bonds is 4. The lowest BCUT2D eigenvalue weighted by Gasteiger charge is -2.23. The normalized spacial score (nSPS) is 11.5. The number of aliphatic hydroxyl groups is 1. The molecule has 2 N–H and O–H groups in total. The van der Waals surface area contributed by atoms with Crippen molar-refractivity contribution in [1.82, 2.24) is 5.32 Å². The maximum atomic E-state index is 11.4. The van der Waals surface area contributed by atoms with Crippen LogP contribution < -0.4 is 10.2 Å². The van der Waals surface area contributed by atoms with Crippen molar-refractivity contribution >= 4 is 11.6 Å². The van der Waals surface area contributed by atoms with Crippen LogP contribution in [-0.4, -0.2) is 31.7 Å². The van der Waals surface area contributed by atoms with Crippen LogP contribution in [0.1, 0.15) is 24.2 Å². The van der Waals surface area contributed by atoms with Crippen LogP contribution in [0.15, 0.2) is 18.2 Å². The van der Waals surface area contributed by atoms with Gasteiger partial charge in [-0.05, 0) is 19.1 Å². The molecular formula is C13H17N3O2. The molecule has 1 aromatic carbocycles. The van der Waals surface area contributed by atoms with Crippen LogP contribution in [0, 0.1) is 11.3 Å². The molecule has 1 amide bonds. The molecule has 1 atom stereocenters. The maximum Gasteiger partial charge on any atom is 0.239 e. The van der Waals surface area contributed by atoms with Gasteiger partial charge in [0.05, 0.1) is 24.3 Å². The molecule has 0 aromatic heterocycles. The van der Waals surface area contributed by atoms with Crippen molar-refractivity contribution < 1.29 is 9.90 Å². The minimum Gasteiger partial charge on any atom is -0.389 e. The minimum absolute atomic E-state index is 0.128. The molecule has 0 aliphatic rings. The highest BCUT2D eigenvalue weighted by molar-refractivity contribution is 5.81. The average molecular weight is 247 g/mol. The zero-order chi connectivity index (χ0) is 13.7. The Kier molecular flexibility index (Phi) is 4.69. The lowest BCUT2D eigenvalue weighted by Crippen LogP contribution is -2.33. The second kappa shape index (κ2) is 6.03. The first kappa shape index (κ1) is 14.0. The monoisotopic (exact) mass is 247 g/mol. The van der Waals surface area contributed by atoms with Gasteiger partial charge >= 0.3 is 0 Å². The van der Waals surface area contributed by atoms with E-state index in [4.69, 9.17) is 5.26 Å². The molecule has 0 saturated heterocycles. The van der Waals surface area contributed by atoms with E-state index >= 15 is 0 Å². The smallest absolute Gasteiger partial charge is 0.239 e. The van der Waals surface area contributed by atoms with Gasteiger partial charge in [-0.3, -0.25) is 4.79 Å². The standard InChI is InChI=1S/C13H17N3O2/c1-9(17)11-5-4-10(7-14)6-12(11)16(3)8-13(18)15-2/h4-6,9,17H,8H2,1-3H3,(H,15,18). The van der Waals surface area contributed by atoms with Crippen molar-refractivity contribution in [2.24, 2.45) is 0 Å². The highest BCUT2D eigenvalue weighted by atomic mass is 16.3. The highest BCUT2D eigenvalue weighted by Gasteiger charge is 2.14. The zero-order valence-electron chi connectivity index (χ0n) is 10.8. The van der Waals surface area contributed by atoms with E-state index in [1.165, 1.54) is 0 Å². The first-order chi connectivity index (χ1) is 8.49. The van der Waals surface area contributed by atoms with E-state index < -0.39 is 6.10 Å². The summed E-state index contributed by atoms with van der Waals surface area (Å²) in [6.07, 6.45) is -0.653. The van der Waals surface area contributed by atoms with Crippen LogP contribution in [0.25, 0.3) is 0 Å². The molecule has 0 heterocycles. The number of carbonyl (C=O) groups is 1. The predicted molar refractivity (Wildman–Crippen MR) is 69.1 cm³/mol. The van der Waals surface area contributed by atoms with Crippen LogP contribution in [-0.2, 0) is 4.79 Å². The molecular weight excluding hydrogens is 230 g/mol. The number of carbonyl (C=O) groups excluding carboxylic acids is 1. The molecule has 5 nitrogen and oxygen atoms in total. The van der Waals surface area contributed by atoms with Gasteiger partial charge in [0.25, 0.3) is 0 Å². The maximum absolute atomic E-state index is 11.4. The van der Waals surface area contributed by atoms with Crippen molar-refractivity contribution in [3.05, 3.63) is 29.3 Å². The van der Waals surface area contributed by atoms with Gasteiger partial charge in [0.1, 0.15) is 0 Å². The van der Waals surface area contributed by atoms with Crippen LogP contribution in [0.3, 0.4) is 0 Å². The summed E-state index contributed by atoms with van der Waals surface area (Å²) in [6, 6.07) is 7.08. The number of likely N-dealkylation sites (N-methyl/N-ethyl adjacent to an activating group) is 2. The summed E-state index contributed by atoms with van der Waals surface area (Å²) >= 11 is 0. The zero-order valence-corrected chi connectivity index (χ0v) is 10.8. The molecule has 18 heavy (non-hydrogen) atoms. The molecule has 0 aliphatic carbocycles. The number of benzene rings is 1. The second-order valence-corrected chi connectivity index (χ2v) is 4.09. The predicted octanol–water partition coefficient (Wildman–Crippen LogP) is 0.794. The lowest BCUT2D eigenvalue weighted by molar-refractivity contribution is -0.119. The average Bonchev–Trinajstić information content (AvgIpc) is 2.37. The van der Waals surface area contributed by atoms with Gasteiger partial charge in [-0.1, -0.05) is 6.07 Å². The SMILES string of the molecule is CNC(=O)CN(C)c1cc(C#N)ccc1C(C)O. The molecule has 0 radical (unpaired) electrons. The van der Waals surface area contributed by atoms with Crippen LogP contribution >= 0.6 is 0 Å². The van der Waals surface area contributed by atoms with Crippen LogP contribution in [0.5, 0.6) is 0 Å². The number of nitrogens with one attached hydrogen (secondary N) is 1. The lowest BCUT2D eigenvalue weighted by atomic mass is 10.0. The molecule has 96 valence electrons. The first-order valence-electron chi connectivity index (χ1n) is 5.63. The van der Waals surface area contributed by atoms with E-state index in [9.17, 15) is 9.90 Å². The fourth-order valence-electron chi connectivity index (χ4n) is 1.68. The van der Waals surface area contributed by atoms with Gasteiger partial charge in [0, 0.05) is 25.3 Å². The molecule has 1 aromatic rings. The molecule has 0 spiro atoms. The Hall–Kier alpha value is -2.06. The van der Waals surface area contributed by atoms with Crippen molar-refractivity contribution in [3.63, 3.8) is 0 Å². The Labute approximate surface area is 107 Å². The topological polar surface area (TPSA) is 76.4 Å². The Balaban J connectivity index is 3.11. The largest absolute Gasteiger partial charge is 0.389 e. The van der Waals surface area contributed by atoms with Crippen molar-refractivity contribution in [1.29, 1.82) is 5.26 Å². The third-order valence-electron chi connectivity index (χ3n) is 2.68. The number of nitrogens with zero attached hydrogens (tertiary/aromatic N) is 2.